The zero-order valence-electron chi connectivity index (χ0n) is 7.46. The molecule has 0 saturated carbocycles. The predicted octanol–water partition coefficient (Wildman–Crippen LogP) is 3.14. The molecule has 2 heteroatoms. The molecule has 0 fully saturated rings. The van der Waals surface area contributed by atoms with Gasteiger partial charge in [0.2, 0.25) is 0 Å². The van der Waals surface area contributed by atoms with Crippen LogP contribution in [0.25, 0.3) is 10.1 Å². The fourth-order valence-corrected chi connectivity index (χ4v) is 2.81. The first-order chi connectivity index (χ1) is 6.34. The van der Waals surface area contributed by atoms with Crippen molar-refractivity contribution < 1.29 is 4.74 Å². The van der Waals surface area contributed by atoms with Crippen molar-refractivity contribution in [2.75, 3.05) is 6.61 Å². The summed E-state index contributed by atoms with van der Waals surface area (Å²) in [4.78, 5) is 0. The van der Waals surface area contributed by atoms with Crippen molar-refractivity contribution in [1.82, 2.24) is 0 Å². The Bertz CT molecular complexity index is 470. The molecule has 13 heavy (non-hydrogen) atoms. The van der Waals surface area contributed by atoms with E-state index in [2.05, 4.69) is 24.4 Å². The van der Waals surface area contributed by atoms with Crippen molar-refractivity contribution in [1.29, 1.82) is 0 Å². The molecule has 66 valence electrons. The van der Waals surface area contributed by atoms with Gasteiger partial charge in [0.05, 0.1) is 6.61 Å². The molecule has 3 rings (SSSR count). The van der Waals surface area contributed by atoms with Crippen molar-refractivity contribution in [3.8, 4) is 5.75 Å². The second-order valence-electron chi connectivity index (χ2n) is 3.47. The highest BCUT2D eigenvalue weighted by atomic mass is 32.1. The van der Waals surface area contributed by atoms with Crippen molar-refractivity contribution in [3.05, 3.63) is 28.6 Å². The van der Waals surface area contributed by atoms with Gasteiger partial charge < -0.3 is 4.74 Å². The van der Waals surface area contributed by atoms with Crippen LogP contribution in [-0.4, -0.2) is 6.61 Å². The van der Waals surface area contributed by atoms with Crippen LogP contribution in [0.3, 0.4) is 0 Å². The number of aryl methyl sites for hydroxylation is 1. The molecule has 0 amide bonds. The van der Waals surface area contributed by atoms with Crippen molar-refractivity contribution in [2.24, 2.45) is 0 Å². The molecule has 1 aliphatic heterocycles. The average molecular weight is 190 g/mol. The van der Waals surface area contributed by atoms with E-state index in [0.717, 1.165) is 18.8 Å². The van der Waals surface area contributed by atoms with Gasteiger partial charge in [-0.2, -0.15) is 0 Å². The van der Waals surface area contributed by atoms with E-state index in [1.807, 2.05) is 11.3 Å². The summed E-state index contributed by atoms with van der Waals surface area (Å²) in [5.41, 5.74) is 2.73. The molecule has 1 aromatic carbocycles. The molecule has 2 heterocycles. The Balaban J connectivity index is 2.38. The summed E-state index contributed by atoms with van der Waals surface area (Å²) in [6, 6.07) is 4.46. The number of benzene rings is 1. The van der Waals surface area contributed by atoms with Crippen LogP contribution in [0.2, 0.25) is 0 Å². The highest BCUT2D eigenvalue weighted by Crippen LogP contribution is 2.34. The molecule has 0 spiro atoms. The van der Waals surface area contributed by atoms with Gasteiger partial charge in [-0.25, -0.2) is 0 Å². The molecule has 0 radical (unpaired) electrons. The largest absolute Gasteiger partial charge is 0.493 e. The standard InChI is InChI=1S/C11H10OS/c1-7-6-13-11-4-8-2-3-12-10(8)5-9(7)11/h4-6H,2-3H2,1H3. The Morgan fingerprint density at radius 2 is 2.31 bits per heavy atom. The van der Waals surface area contributed by atoms with E-state index in [1.54, 1.807) is 0 Å². The Kier molecular flexibility index (Phi) is 1.41. The molecule has 0 N–H and O–H groups in total. The summed E-state index contributed by atoms with van der Waals surface area (Å²) in [5, 5.41) is 3.56. The van der Waals surface area contributed by atoms with Crippen molar-refractivity contribution >= 4 is 21.4 Å². The Morgan fingerprint density at radius 1 is 1.38 bits per heavy atom. The first-order valence-corrected chi connectivity index (χ1v) is 5.36. The van der Waals surface area contributed by atoms with E-state index in [4.69, 9.17) is 4.74 Å². The van der Waals surface area contributed by atoms with E-state index in [1.165, 1.54) is 21.2 Å². The third-order valence-electron chi connectivity index (χ3n) is 2.58. The summed E-state index contributed by atoms with van der Waals surface area (Å²) in [5.74, 6) is 1.09. The summed E-state index contributed by atoms with van der Waals surface area (Å²) >= 11 is 1.82. The van der Waals surface area contributed by atoms with Crippen LogP contribution >= 0.6 is 11.3 Å². The SMILES string of the molecule is Cc1csc2cc3c(cc12)OCC3. The van der Waals surface area contributed by atoms with Crippen LogP contribution in [-0.2, 0) is 6.42 Å². The average Bonchev–Trinajstić information content (AvgIpc) is 2.70. The second-order valence-corrected chi connectivity index (χ2v) is 4.38. The highest BCUT2D eigenvalue weighted by Gasteiger charge is 2.13. The van der Waals surface area contributed by atoms with Crippen LogP contribution in [0.4, 0.5) is 0 Å². The van der Waals surface area contributed by atoms with E-state index < -0.39 is 0 Å². The summed E-state index contributed by atoms with van der Waals surface area (Å²) < 4.78 is 6.93. The lowest BCUT2D eigenvalue weighted by atomic mass is 10.1. The summed E-state index contributed by atoms with van der Waals surface area (Å²) in [7, 11) is 0. The quantitative estimate of drug-likeness (QED) is 0.620. The Labute approximate surface area is 81.0 Å². The minimum atomic E-state index is 0.853. The third-order valence-corrected chi connectivity index (χ3v) is 3.64. The molecule has 0 bridgehead atoms. The van der Waals surface area contributed by atoms with Crippen LogP contribution in [0.15, 0.2) is 17.5 Å². The maximum absolute atomic E-state index is 5.54. The predicted molar refractivity (Wildman–Crippen MR) is 55.8 cm³/mol. The molecule has 1 aromatic heterocycles. The minimum Gasteiger partial charge on any atom is -0.493 e. The molecule has 2 aromatic rings. The van der Waals surface area contributed by atoms with E-state index in [-0.39, 0.29) is 0 Å². The van der Waals surface area contributed by atoms with Crippen molar-refractivity contribution in [2.45, 2.75) is 13.3 Å². The molecule has 1 aliphatic rings. The van der Waals surface area contributed by atoms with Crippen LogP contribution in [0.5, 0.6) is 5.75 Å². The van der Waals surface area contributed by atoms with Crippen LogP contribution in [0.1, 0.15) is 11.1 Å². The lowest BCUT2D eigenvalue weighted by Crippen LogP contribution is -1.85. The van der Waals surface area contributed by atoms with E-state index in [0.29, 0.717) is 0 Å². The van der Waals surface area contributed by atoms with Gasteiger partial charge in [0.25, 0.3) is 0 Å². The van der Waals surface area contributed by atoms with Crippen molar-refractivity contribution in [3.63, 3.8) is 0 Å². The number of hydrogen-bond donors (Lipinski definition) is 0. The van der Waals surface area contributed by atoms with Gasteiger partial charge in [0.15, 0.2) is 0 Å². The Hall–Kier alpha value is -1.02. The van der Waals surface area contributed by atoms with Gasteiger partial charge >= 0.3 is 0 Å². The fourth-order valence-electron chi connectivity index (χ4n) is 1.82. The zero-order chi connectivity index (χ0) is 8.84. The molecular formula is C11H10OS. The number of fused-ring (bicyclic) bond motifs is 2. The Morgan fingerprint density at radius 3 is 3.23 bits per heavy atom. The number of ether oxygens (including phenoxy) is 1. The third kappa shape index (κ3) is 0.985. The lowest BCUT2D eigenvalue weighted by molar-refractivity contribution is 0.357. The van der Waals surface area contributed by atoms with Gasteiger partial charge in [-0.3, -0.25) is 0 Å². The molecular weight excluding hydrogens is 180 g/mol. The lowest BCUT2D eigenvalue weighted by Gasteiger charge is -1.98. The topological polar surface area (TPSA) is 9.23 Å². The molecule has 0 unspecified atom stereocenters. The normalized spacial score (nSPS) is 14.5. The summed E-state index contributed by atoms with van der Waals surface area (Å²) in [6.07, 6.45) is 1.07. The van der Waals surface area contributed by atoms with Gasteiger partial charge in [-0.15, -0.1) is 11.3 Å². The van der Waals surface area contributed by atoms with Crippen LogP contribution < -0.4 is 4.74 Å². The number of thiophene rings is 1. The van der Waals surface area contributed by atoms with Crippen LogP contribution in [0, 0.1) is 6.92 Å². The van der Waals surface area contributed by atoms with Gasteiger partial charge in [-0.1, -0.05) is 0 Å². The first-order valence-electron chi connectivity index (χ1n) is 4.48. The van der Waals surface area contributed by atoms with E-state index in [9.17, 15) is 0 Å². The van der Waals surface area contributed by atoms with Gasteiger partial charge in [0, 0.05) is 11.1 Å². The minimum absolute atomic E-state index is 0.853. The second kappa shape index (κ2) is 2.48. The van der Waals surface area contributed by atoms with Gasteiger partial charge in [-0.05, 0) is 40.9 Å². The monoisotopic (exact) mass is 190 g/mol. The summed E-state index contributed by atoms with van der Waals surface area (Å²) in [6.45, 7) is 3.01. The molecule has 1 nitrogen and oxygen atoms in total. The number of hydrogen-bond acceptors (Lipinski definition) is 2. The first kappa shape index (κ1) is 7.39. The smallest absolute Gasteiger partial charge is 0.123 e. The molecule has 0 saturated heterocycles. The molecule has 0 aliphatic carbocycles. The molecule has 0 atom stereocenters. The fraction of sp³-hybridized carbons (Fsp3) is 0.273. The van der Waals surface area contributed by atoms with E-state index >= 15 is 0 Å². The highest BCUT2D eigenvalue weighted by molar-refractivity contribution is 7.17. The number of rotatable bonds is 0. The zero-order valence-corrected chi connectivity index (χ0v) is 8.28. The maximum atomic E-state index is 5.54. The maximum Gasteiger partial charge on any atom is 0.123 e. The van der Waals surface area contributed by atoms with Gasteiger partial charge in [0.1, 0.15) is 5.75 Å².